The van der Waals surface area contributed by atoms with Gasteiger partial charge in [-0.3, -0.25) is 9.59 Å². The predicted molar refractivity (Wildman–Crippen MR) is 118 cm³/mol. The van der Waals surface area contributed by atoms with E-state index in [1.807, 2.05) is 43.4 Å². The van der Waals surface area contributed by atoms with E-state index < -0.39 is 0 Å². The molecule has 0 saturated carbocycles. The summed E-state index contributed by atoms with van der Waals surface area (Å²) in [6.07, 6.45) is 2.40. The number of amides is 1. The van der Waals surface area contributed by atoms with Crippen LogP contribution in [0, 0.1) is 0 Å². The van der Waals surface area contributed by atoms with Gasteiger partial charge in [0.1, 0.15) is 0 Å². The number of para-hydroxylation sites is 1. The molecule has 29 heavy (non-hydrogen) atoms. The lowest BCUT2D eigenvalue weighted by atomic mass is 10.2. The van der Waals surface area contributed by atoms with E-state index in [1.54, 1.807) is 18.3 Å². The fourth-order valence-electron chi connectivity index (χ4n) is 3.03. The zero-order chi connectivity index (χ0) is 20.6. The second-order valence-electron chi connectivity index (χ2n) is 6.84. The first-order valence-corrected chi connectivity index (χ1v) is 9.90. The molecule has 0 spiro atoms. The summed E-state index contributed by atoms with van der Waals surface area (Å²) in [5.41, 5.74) is 2.25. The number of hydrogen-bond donors (Lipinski definition) is 1. The van der Waals surface area contributed by atoms with Crippen LogP contribution in [0.25, 0.3) is 0 Å². The molecule has 0 fully saturated rings. The van der Waals surface area contributed by atoms with Crippen LogP contribution in [0.4, 0.5) is 5.69 Å². The van der Waals surface area contributed by atoms with Crippen molar-refractivity contribution in [2.24, 2.45) is 0 Å². The van der Waals surface area contributed by atoms with Crippen molar-refractivity contribution in [2.45, 2.75) is 13.0 Å². The number of pyridine rings is 1. The third-order valence-corrected chi connectivity index (χ3v) is 5.07. The number of hydrogen-bond acceptors (Lipinski definition) is 3. The third-order valence-electron chi connectivity index (χ3n) is 4.70. The minimum atomic E-state index is -0.194. The predicted octanol–water partition coefficient (Wildman–Crippen LogP) is 3.81. The molecule has 6 heteroatoms. The monoisotopic (exact) mass is 409 g/mol. The Bertz CT molecular complexity index is 1020. The molecule has 150 valence electrons. The van der Waals surface area contributed by atoms with Gasteiger partial charge in [0.2, 0.25) is 0 Å². The van der Waals surface area contributed by atoms with Crippen LogP contribution in [0.15, 0.2) is 77.7 Å². The molecule has 0 atom stereocenters. The molecule has 0 aliphatic rings. The Hall–Kier alpha value is -3.05. The van der Waals surface area contributed by atoms with E-state index in [2.05, 4.69) is 22.3 Å². The number of carbonyl (C=O) groups is 1. The van der Waals surface area contributed by atoms with Crippen molar-refractivity contribution in [2.75, 3.05) is 25.0 Å². The summed E-state index contributed by atoms with van der Waals surface area (Å²) in [4.78, 5) is 26.8. The van der Waals surface area contributed by atoms with Gasteiger partial charge in [0, 0.05) is 43.1 Å². The van der Waals surface area contributed by atoms with E-state index in [0.717, 1.165) is 24.2 Å². The maximum Gasteiger partial charge on any atom is 0.252 e. The maximum atomic E-state index is 12.5. The quantitative estimate of drug-likeness (QED) is 0.575. The van der Waals surface area contributed by atoms with E-state index in [1.165, 1.54) is 10.6 Å². The van der Waals surface area contributed by atoms with Crippen molar-refractivity contribution < 1.29 is 4.79 Å². The fraction of sp³-hybridized carbons (Fsp3) is 0.217. The number of anilines is 1. The molecule has 0 bridgehead atoms. The average molecular weight is 410 g/mol. The van der Waals surface area contributed by atoms with Gasteiger partial charge < -0.3 is 14.8 Å². The van der Waals surface area contributed by atoms with E-state index in [0.29, 0.717) is 23.7 Å². The van der Waals surface area contributed by atoms with Gasteiger partial charge in [-0.05, 0) is 36.2 Å². The van der Waals surface area contributed by atoms with Crippen LogP contribution < -0.4 is 15.8 Å². The Morgan fingerprint density at radius 1 is 1.03 bits per heavy atom. The Morgan fingerprint density at radius 3 is 2.52 bits per heavy atom. The maximum absolute atomic E-state index is 12.5. The second kappa shape index (κ2) is 9.94. The van der Waals surface area contributed by atoms with Gasteiger partial charge >= 0.3 is 0 Å². The Labute approximate surface area is 175 Å². The number of halogens is 1. The molecule has 0 aliphatic heterocycles. The Morgan fingerprint density at radius 2 is 1.76 bits per heavy atom. The standard InChI is InChI=1S/C23H24ClN3O2/c1-26(20-9-3-2-4-10-20)15-7-14-25-23(29)19-12-13-22(28)27(17-19)16-18-8-5-6-11-21(18)24/h2-6,8-13,17H,7,14-16H2,1H3,(H,25,29). The molecule has 2 aromatic carbocycles. The van der Waals surface area contributed by atoms with Gasteiger partial charge in [-0.2, -0.15) is 0 Å². The molecule has 3 aromatic rings. The first kappa shape index (κ1) is 20.7. The Kier molecular flexibility index (Phi) is 7.09. The van der Waals surface area contributed by atoms with Crippen LogP contribution in [0.2, 0.25) is 5.02 Å². The number of benzene rings is 2. The van der Waals surface area contributed by atoms with E-state index >= 15 is 0 Å². The summed E-state index contributed by atoms with van der Waals surface area (Å²) in [6, 6.07) is 20.4. The summed E-state index contributed by atoms with van der Waals surface area (Å²) in [5, 5.41) is 3.51. The Balaban J connectivity index is 1.55. The molecule has 0 saturated heterocycles. The molecule has 0 unspecified atom stereocenters. The molecule has 1 amide bonds. The molecular formula is C23H24ClN3O2. The summed E-state index contributed by atoms with van der Waals surface area (Å²) in [6.45, 7) is 1.71. The zero-order valence-electron chi connectivity index (χ0n) is 16.3. The van der Waals surface area contributed by atoms with Crippen molar-refractivity contribution in [3.8, 4) is 0 Å². The van der Waals surface area contributed by atoms with E-state index in [4.69, 9.17) is 11.6 Å². The van der Waals surface area contributed by atoms with Crippen LogP contribution in [0.1, 0.15) is 22.3 Å². The third kappa shape index (κ3) is 5.72. The number of rotatable bonds is 8. The van der Waals surface area contributed by atoms with Crippen LogP contribution >= 0.6 is 11.6 Å². The highest BCUT2D eigenvalue weighted by molar-refractivity contribution is 6.31. The molecule has 1 N–H and O–H groups in total. The van der Waals surface area contributed by atoms with Crippen molar-refractivity contribution in [3.05, 3.63) is 99.4 Å². The highest BCUT2D eigenvalue weighted by Gasteiger charge is 2.09. The highest BCUT2D eigenvalue weighted by atomic mass is 35.5. The van der Waals surface area contributed by atoms with Crippen LogP contribution in [-0.4, -0.2) is 30.6 Å². The first-order valence-electron chi connectivity index (χ1n) is 9.53. The summed E-state index contributed by atoms with van der Waals surface area (Å²) < 4.78 is 1.50. The second-order valence-corrected chi connectivity index (χ2v) is 7.25. The smallest absolute Gasteiger partial charge is 0.252 e. The zero-order valence-corrected chi connectivity index (χ0v) is 17.1. The molecule has 1 aromatic heterocycles. The van der Waals surface area contributed by atoms with Crippen LogP contribution in [-0.2, 0) is 6.54 Å². The van der Waals surface area contributed by atoms with Crippen molar-refractivity contribution in [1.29, 1.82) is 0 Å². The number of aromatic nitrogens is 1. The first-order chi connectivity index (χ1) is 14.0. The lowest BCUT2D eigenvalue weighted by molar-refractivity contribution is 0.0952. The normalized spacial score (nSPS) is 10.6. The minimum Gasteiger partial charge on any atom is -0.375 e. The van der Waals surface area contributed by atoms with Crippen molar-refractivity contribution in [3.63, 3.8) is 0 Å². The molecule has 1 heterocycles. The van der Waals surface area contributed by atoms with Crippen LogP contribution in [0.3, 0.4) is 0 Å². The summed E-state index contributed by atoms with van der Waals surface area (Å²) in [7, 11) is 2.03. The van der Waals surface area contributed by atoms with Gasteiger partial charge in [0.15, 0.2) is 0 Å². The largest absolute Gasteiger partial charge is 0.375 e. The molecule has 0 radical (unpaired) electrons. The lowest BCUT2D eigenvalue weighted by Crippen LogP contribution is -2.29. The lowest BCUT2D eigenvalue weighted by Gasteiger charge is -2.19. The average Bonchev–Trinajstić information content (AvgIpc) is 2.74. The summed E-state index contributed by atoms with van der Waals surface area (Å²) >= 11 is 6.18. The van der Waals surface area contributed by atoms with Gasteiger partial charge in [0.25, 0.3) is 11.5 Å². The van der Waals surface area contributed by atoms with Gasteiger partial charge in [-0.15, -0.1) is 0 Å². The molecule has 0 aliphatic carbocycles. The minimum absolute atomic E-state index is 0.175. The van der Waals surface area contributed by atoms with E-state index in [-0.39, 0.29) is 11.5 Å². The van der Waals surface area contributed by atoms with Crippen LogP contribution in [0.5, 0.6) is 0 Å². The topological polar surface area (TPSA) is 54.3 Å². The summed E-state index contributed by atoms with van der Waals surface area (Å²) in [5.74, 6) is -0.194. The van der Waals surface area contributed by atoms with Gasteiger partial charge in [0.05, 0.1) is 12.1 Å². The van der Waals surface area contributed by atoms with E-state index in [9.17, 15) is 9.59 Å². The molecular weight excluding hydrogens is 386 g/mol. The van der Waals surface area contributed by atoms with Crippen molar-refractivity contribution in [1.82, 2.24) is 9.88 Å². The van der Waals surface area contributed by atoms with Gasteiger partial charge in [-0.1, -0.05) is 48.0 Å². The van der Waals surface area contributed by atoms with Gasteiger partial charge in [-0.25, -0.2) is 0 Å². The molecule has 5 nitrogen and oxygen atoms in total. The van der Waals surface area contributed by atoms with Crippen molar-refractivity contribution >= 4 is 23.2 Å². The SMILES string of the molecule is CN(CCCNC(=O)c1ccc(=O)n(Cc2ccccc2Cl)c1)c1ccccc1. The fourth-order valence-corrected chi connectivity index (χ4v) is 3.23. The number of nitrogens with zero attached hydrogens (tertiary/aromatic N) is 2. The number of nitrogens with one attached hydrogen (secondary N) is 1. The molecule has 3 rings (SSSR count). The highest BCUT2D eigenvalue weighted by Crippen LogP contribution is 2.15. The number of carbonyl (C=O) groups excluding carboxylic acids is 1.